The Morgan fingerprint density at radius 3 is 2.76 bits per heavy atom. The molecule has 4 aromatic rings. The third-order valence-corrected chi connectivity index (χ3v) is 5.99. The number of para-hydroxylation sites is 1. The lowest BCUT2D eigenvalue weighted by Gasteiger charge is -2.17. The highest BCUT2D eigenvalue weighted by molar-refractivity contribution is 7.99. The number of pyridine rings is 1. The van der Waals surface area contributed by atoms with Crippen LogP contribution in [0.3, 0.4) is 0 Å². The number of hydrogen-bond donors (Lipinski definition) is 1. The molecular formula is C24H19N5O3S. The van der Waals surface area contributed by atoms with Crippen molar-refractivity contribution in [2.24, 2.45) is 0 Å². The minimum absolute atomic E-state index is 0.00294. The van der Waals surface area contributed by atoms with E-state index in [2.05, 4.69) is 20.5 Å². The lowest BCUT2D eigenvalue weighted by molar-refractivity contribution is -0.131. The molecule has 0 bridgehead atoms. The number of aryl methyl sites for hydroxylation is 1. The van der Waals surface area contributed by atoms with E-state index >= 15 is 0 Å². The topological polar surface area (TPSA) is 99.0 Å². The summed E-state index contributed by atoms with van der Waals surface area (Å²) in [6.07, 6.45) is 4.48. The van der Waals surface area contributed by atoms with Gasteiger partial charge in [0.1, 0.15) is 5.75 Å². The van der Waals surface area contributed by atoms with Crippen LogP contribution >= 0.6 is 11.8 Å². The van der Waals surface area contributed by atoms with E-state index in [-0.39, 0.29) is 11.7 Å². The quantitative estimate of drug-likeness (QED) is 0.266. The van der Waals surface area contributed by atoms with Crippen LogP contribution < -0.4 is 10.1 Å². The fraction of sp³-hybridized carbons (Fsp3) is 0.125. The smallest absolute Gasteiger partial charge is 0.321 e. The number of thioether (sulfide) groups is 1. The second-order valence-corrected chi connectivity index (χ2v) is 8.29. The van der Waals surface area contributed by atoms with Crippen molar-refractivity contribution in [3.8, 4) is 22.8 Å². The molecule has 0 unspecified atom stereocenters. The van der Waals surface area contributed by atoms with Crippen LogP contribution in [-0.4, -0.2) is 37.4 Å². The Morgan fingerprint density at radius 2 is 1.94 bits per heavy atom. The van der Waals surface area contributed by atoms with E-state index in [1.54, 1.807) is 30.6 Å². The number of carbonyl (C=O) groups is 2. The number of benzene rings is 2. The molecule has 0 aliphatic carbocycles. The van der Waals surface area contributed by atoms with Gasteiger partial charge in [0.2, 0.25) is 5.91 Å². The molecule has 33 heavy (non-hydrogen) atoms. The van der Waals surface area contributed by atoms with Crippen LogP contribution in [0.2, 0.25) is 0 Å². The zero-order valence-electron chi connectivity index (χ0n) is 17.5. The number of hydrogen-bond acceptors (Lipinski definition) is 7. The maximum atomic E-state index is 12.6. The van der Waals surface area contributed by atoms with Crippen molar-refractivity contribution in [1.29, 1.82) is 0 Å². The van der Waals surface area contributed by atoms with Crippen LogP contribution in [-0.2, 0) is 16.0 Å². The molecule has 3 heterocycles. The number of fused-ring (bicyclic) bond motifs is 1. The number of carbonyl (C=O) groups excluding carboxylic acids is 2. The molecule has 9 heteroatoms. The Morgan fingerprint density at radius 1 is 1.06 bits per heavy atom. The Kier molecular flexibility index (Phi) is 5.86. The van der Waals surface area contributed by atoms with Crippen molar-refractivity contribution in [3.63, 3.8) is 0 Å². The number of aromatic nitrogens is 4. The summed E-state index contributed by atoms with van der Waals surface area (Å²) in [5.74, 6) is 0.756. The van der Waals surface area contributed by atoms with Gasteiger partial charge in [-0.25, -0.2) is 0 Å². The number of esters is 1. The molecule has 5 rings (SSSR count). The SMILES string of the molecule is O=C1CCc2cc(OC(=O)CSc3nnc(-c4cccnc4)n3-c3ccccc3)ccc2N1. The molecule has 0 atom stereocenters. The van der Waals surface area contributed by atoms with Gasteiger partial charge in [0.05, 0.1) is 5.75 Å². The predicted octanol–water partition coefficient (Wildman–Crippen LogP) is 3.91. The number of amides is 1. The van der Waals surface area contributed by atoms with Crippen molar-refractivity contribution in [2.75, 3.05) is 11.1 Å². The van der Waals surface area contributed by atoms with Crippen molar-refractivity contribution in [1.82, 2.24) is 19.7 Å². The Balaban J connectivity index is 1.33. The van der Waals surface area contributed by atoms with Gasteiger partial charge in [-0.2, -0.15) is 0 Å². The van der Waals surface area contributed by atoms with Gasteiger partial charge in [-0.15, -0.1) is 10.2 Å². The van der Waals surface area contributed by atoms with E-state index in [4.69, 9.17) is 4.74 Å². The Hall–Kier alpha value is -3.98. The standard InChI is InChI=1S/C24H19N5O3S/c30-21-11-8-16-13-19(9-10-20(16)26-21)32-22(31)15-33-24-28-27-23(17-5-4-12-25-14-17)29(24)18-6-2-1-3-7-18/h1-7,9-10,12-14H,8,11,15H2,(H,26,30). The summed E-state index contributed by atoms with van der Waals surface area (Å²) in [6.45, 7) is 0. The lowest BCUT2D eigenvalue weighted by atomic mass is 10.0. The molecule has 0 saturated heterocycles. The normalized spacial score (nSPS) is 12.7. The average Bonchev–Trinajstić information content (AvgIpc) is 3.28. The third-order valence-electron chi connectivity index (χ3n) is 5.09. The molecule has 2 aromatic carbocycles. The van der Waals surface area contributed by atoms with Gasteiger partial charge in [0.15, 0.2) is 11.0 Å². The number of ether oxygens (including phenoxy) is 1. The van der Waals surface area contributed by atoms with Crippen molar-refractivity contribution in [2.45, 2.75) is 18.0 Å². The van der Waals surface area contributed by atoms with Crippen molar-refractivity contribution in [3.05, 3.63) is 78.6 Å². The minimum Gasteiger partial charge on any atom is -0.426 e. The summed E-state index contributed by atoms with van der Waals surface area (Å²) in [6, 6.07) is 18.7. The van der Waals surface area contributed by atoms with Gasteiger partial charge < -0.3 is 10.1 Å². The molecule has 8 nitrogen and oxygen atoms in total. The predicted molar refractivity (Wildman–Crippen MR) is 124 cm³/mol. The number of rotatable bonds is 6. The van der Waals surface area contributed by atoms with Crippen LogP contribution in [0.4, 0.5) is 5.69 Å². The van der Waals surface area contributed by atoms with Crippen LogP contribution in [0, 0.1) is 0 Å². The summed E-state index contributed by atoms with van der Waals surface area (Å²) in [5, 5.41) is 12.1. The summed E-state index contributed by atoms with van der Waals surface area (Å²) in [7, 11) is 0. The molecule has 164 valence electrons. The number of anilines is 1. The largest absolute Gasteiger partial charge is 0.426 e. The van der Waals surface area contributed by atoms with Crippen molar-refractivity contribution >= 4 is 29.3 Å². The van der Waals surface area contributed by atoms with E-state index in [9.17, 15) is 9.59 Å². The average molecular weight is 458 g/mol. The molecule has 0 radical (unpaired) electrons. The van der Waals surface area contributed by atoms with E-state index in [1.807, 2.05) is 47.0 Å². The van der Waals surface area contributed by atoms with Crippen LogP contribution in [0.15, 0.2) is 78.2 Å². The summed E-state index contributed by atoms with van der Waals surface area (Å²) in [4.78, 5) is 28.2. The third kappa shape index (κ3) is 4.63. The molecule has 1 aliphatic rings. The van der Waals surface area contributed by atoms with Crippen LogP contribution in [0.5, 0.6) is 5.75 Å². The van der Waals surface area contributed by atoms with Crippen molar-refractivity contribution < 1.29 is 14.3 Å². The highest BCUT2D eigenvalue weighted by atomic mass is 32.2. The molecule has 0 spiro atoms. The van der Waals surface area contributed by atoms with Gasteiger partial charge in [-0.1, -0.05) is 30.0 Å². The summed E-state index contributed by atoms with van der Waals surface area (Å²) < 4.78 is 7.43. The van der Waals surface area contributed by atoms with Gasteiger partial charge in [-0.05, 0) is 54.4 Å². The zero-order valence-corrected chi connectivity index (χ0v) is 18.3. The molecule has 1 N–H and O–H groups in total. The molecule has 1 amide bonds. The van der Waals surface area contributed by atoms with Gasteiger partial charge >= 0.3 is 5.97 Å². The zero-order chi connectivity index (χ0) is 22.6. The number of nitrogens with zero attached hydrogens (tertiary/aromatic N) is 4. The fourth-order valence-electron chi connectivity index (χ4n) is 3.56. The number of nitrogens with one attached hydrogen (secondary N) is 1. The monoisotopic (exact) mass is 457 g/mol. The molecule has 0 fully saturated rings. The van der Waals surface area contributed by atoms with Gasteiger partial charge in [-0.3, -0.25) is 19.1 Å². The molecule has 0 saturated carbocycles. The first-order valence-corrected chi connectivity index (χ1v) is 11.3. The van der Waals surface area contributed by atoms with Gasteiger partial charge in [0, 0.05) is 35.8 Å². The molecular weight excluding hydrogens is 438 g/mol. The van der Waals surface area contributed by atoms with E-state index in [0.717, 1.165) is 22.5 Å². The van der Waals surface area contributed by atoms with E-state index < -0.39 is 5.97 Å². The fourth-order valence-corrected chi connectivity index (χ4v) is 4.29. The Bertz CT molecular complexity index is 1310. The second kappa shape index (κ2) is 9.25. The van der Waals surface area contributed by atoms with Gasteiger partial charge in [0.25, 0.3) is 0 Å². The highest BCUT2D eigenvalue weighted by Gasteiger charge is 2.19. The lowest BCUT2D eigenvalue weighted by Crippen LogP contribution is -2.19. The van der Waals surface area contributed by atoms with E-state index in [0.29, 0.717) is 29.6 Å². The maximum Gasteiger partial charge on any atom is 0.321 e. The second-order valence-electron chi connectivity index (χ2n) is 7.35. The first kappa shape index (κ1) is 20.9. The van der Waals surface area contributed by atoms with E-state index in [1.165, 1.54) is 11.8 Å². The maximum absolute atomic E-state index is 12.6. The first-order valence-electron chi connectivity index (χ1n) is 10.3. The summed E-state index contributed by atoms with van der Waals surface area (Å²) in [5.41, 5.74) is 3.43. The Labute approximate surface area is 194 Å². The summed E-state index contributed by atoms with van der Waals surface area (Å²) >= 11 is 1.25. The minimum atomic E-state index is -0.398. The van der Waals surface area contributed by atoms with Crippen LogP contribution in [0.1, 0.15) is 12.0 Å². The van der Waals surface area contributed by atoms with Crippen LogP contribution in [0.25, 0.3) is 17.1 Å². The highest BCUT2D eigenvalue weighted by Crippen LogP contribution is 2.29. The molecule has 1 aliphatic heterocycles. The molecule has 2 aromatic heterocycles. The first-order chi connectivity index (χ1) is 16.2.